The zero-order chi connectivity index (χ0) is 18.9. The Balaban J connectivity index is 2.44. The molecule has 25 heavy (non-hydrogen) atoms. The van der Waals surface area contributed by atoms with E-state index in [-0.39, 0.29) is 17.4 Å². The topological polar surface area (TPSA) is 47.3 Å². The highest BCUT2D eigenvalue weighted by molar-refractivity contribution is 5.23. The van der Waals surface area contributed by atoms with Gasteiger partial charge in [-0.2, -0.15) is 0 Å². The Labute approximate surface area is 151 Å². The number of hydrogen-bond donors (Lipinski definition) is 2. The maximum atomic E-state index is 13.0. The minimum absolute atomic E-state index is 0.125. The fourth-order valence-electron chi connectivity index (χ4n) is 2.34. The largest absolute Gasteiger partial charge is 0.492 e. The molecule has 1 atom stereocenters. The van der Waals surface area contributed by atoms with Crippen LogP contribution in [-0.4, -0.2) is 24.7 Å². The summed E-state index contributed by atoms with van der Waals surface area (Å²) >= 11 is 0. The molecule has 0 aliphatic rings. The van der Waals surface area contributed by atoms with Crippen LogP contribution in [0.25, 0.3) is 0 Å². The Bertz CT molecular complexity index is 603. The summed E-state index contributed by atoms with van der Waals surface area (Å²) in [5.41, 5.74) is 8.14. The van der Waals surface area contributed by atoms with Crippen molar-refractivity contribution in [2.24, 2.45) is 5.73 Å². The molecule has 0 aromatic heterocycles. The molecule has 1 unspecified atom stereocenters. The van der Waals surface area contributed by atoms with Crippen molar-refractivity contribution in [3.05, 3.63) is 71.8 Å². The highest BCUT2D eigenvalue weighted by Crippen LogP contribution is 2.13. The van der Waals surface area contributed by atoms with Crippen LogP contribution in [-0.2, 0) is 11.2 Å². The van der Waals surface area contributed by atoms with E-state index in [0.29, 0.717) is 13.2 Å². The quantitative estimate of drug-likeness (QED) is 0.495. The van der Waals surface area contributed by atoms with Crippen LogP contribution in [0.4, 0.5) is 4.39 Å². The summed E-state index contributed by atoms with van der Waals surface area (Å²) in [6.45, 7) is 12.9. The average Bonchev–Trinajstić information content (AvgIpc) is 2.58. The number of halogens is 1. The smallest absolute Gasteiger partial charge is 0.123 e. The second kappa shape index (κ2) is 10.2. The van der Waals surface area contributed by atoms with E-state index in [1.165, 1.54) is 12.1 Å². The van der Waals surface area contributed by atoms with Gasteiger partial charge >= 0.3 is 0 Å². The first-order valence-corrected chi connectivity index (χ1v) is 8.60. The number of benzene rings is 1. The molecular weight excluding hydrogens is 315 g/mol. The van der Waals surface area contributed by atoms with Gasteiger partial charge in [-0.25, -0.2) is 4.39 Å². The summed E-state index contributed by atoms with van der Waals surface area (Å²) in [5, 5.41) is 3.47. The maximum absolute atomic E-state index is 13.0. The van der Waals surface area contributed by atoms with Gasteiger partial charge in [0.05, 0.1) is 6.04 Å². The summed E-state index contributed by atoms with van der Waals surface area (Å²) in [5.74, 6) is 0.577. The second-order valence-electron chi connectivity index (χ2n) is 6.92. The number of allylic oxidation sites excluding steroid dienone is 4. The molecular formula is C21H31FN2O. The van der Waals surface area contributed by atoms with Crippen LogP contribution in [0.1, 0.15) is 33.3 Å². The van der Waals surface area contributed by atoms with Gasteiger partial charge in [-0.3, -0.25) is 0 Å². The fraction of sp³-hybridized carbons (Fsp3) is 0.429. The zero-order valence-corrected chi connectivity index (χ0v) is 15.8. The molecule has 0 saturated heterocycles. The normalized spacial score (nSPS) is 14.3. The van der Waals surface area contributed by atoms with Crippen LogP contribution in [0, 0.1) is 5.82 Å². The van der Waals surface area contributed by atoms with E-state index in [4.69, 9.17) is 10.5 Å². The third kappa shape index (κ3) is 8.66. The van der Waals surface area contributed by atoms with E-state index in [0.717, 1.165) is 23.3 Å². The Morgan fingerprint density at radius 3 is 2.56 bits per heavy atom. The van der Waals surface area contributed by atoms with Gasteiger partial charge in [0, 0.05) is 12.1 Å². The lowest BCUT2D eigenvalue weighted by molar-refractivity contribution is 0.196. The predicted molar refractivity (Wildman–Crippen MR) is 104 cm³/mol. The molecule has 0 spiro atoms. The second-order valence-corrected chi connectivity index (χ2v) is 6.92. The number of nitrogens with one attached hydrogen (secondary N) is 1. The summed E-state index contributed by atoms with van der Waals surface area (Å²) in [7, 11) is 0. The van der Waals surface area contributed by atoms with Gasteiger partial charge in [0.15, 0.2) is 0 Å². The summed E-state index contributed by atoms with van der Waals surface area (Å²) in [4.78, 5) is 0. The minimum Gasteiger partial charge on any atom is -0.492 e. The summed E-state index contributed by atoms with van der Waals surface area (Å²) in [6.07, 6.45) is 6.42. The molecule has 0 saturated carbocycles. The molecule has 1 rings (SSSR count). The van der Waals surface area contributed by atoms with Gasteiger partial charge < -0.3 is 15.8 Å². The van der Waals surface area contributed by atoms with Crippen LogP contribution in [0.2, 0.25) is 0 Å². The number of rotatable bonds is 10. The molecule has 3 nitrogen and oxygen atoms in total. The fourth-order valence-corrected chi connectivity index (χ4v) is 2.34. The van der Waals surface area contributed by atoms with E-state index >= 15 is 0 Å². The van der Waals surface area contributed by atoms with Crippen molar-refractivity contribution < 1.29 is 9.13 Å². The molecule has 0 radical (unpaired) electrons. The van der Waals surface area contributed by atoms with Crippen molar-refractivity contribution in [1.82, 2.24) is 5.32 Å². The van der Waals surface area contributed by atoms with Gasteiger partial charge in [-0.05, 0) is 69.5 Å². The molecule has 0 fully saturated rings. The first-order chi connectivity index (χ1) is 11.8. The van der Waals surface area contributed by atoms with E-state index in [9.17, 15) is 4.39 Å². The highest BCUT2D eigenvalue weighted by atomic mass is 19.1. The summed E-state index contributed by atoms with van der Waals surface area (Å²) < 4.78 is 18.7. The van der Waals surface area contributed by atoms with Gasteiger partial charge in [-0.15, -0.1) is 0 Å². The van der Waals surface area contributed by atoms with Crippen molar-refractivity contribution in [2.45, 2.75) is 45.7 Å². The van der Waals surface area contributed by atoms with E-state index < -0.39 is 0 Å². The first-order valence-electron chi connectivity index (χ1n) is 8.60. The predicted octanol–water partition coefficient (Wildman–Crippen LogP) is 4.12. The molecule has 0 amide bonds. The summed E-state index contributed by atoms with van der Waals surface area (Å²) in [6, 6.07) is 6.48. The van der Waals surface area contributed by atoms with Crippen molar-refractivity contribution in [2.75, 3.05) is 13.2 Å². The van der Waals surface area contributed by atoms with Crippen molar-refractivity contribution >= 4 is 0 Å². The van der Waals surface area contributed by atoms with E-state index in [2.05, 4.69) is 25.7 Å². The average molecular weight is 346 g/mol. The Morgan fingerprint density at radius 2 is 2.00 bits per heavy atom. The van der Waals surface area contributed by atoms with Crippen LogP contribution in [0.3, 0.4) is 0 Å². The van der Waals surface area contributed by atoms with Gasteiger partial charge in [-0.1, -0.05) is 24.8 Å². The molecule has 0 bridgehead atoms. The minimum atomic E-state index is -0.214. The lowest BCUT2D eigenvalue weighted by atomic mass is 9.94. The monoisotopic (exact) mass is 346 g/mol. The Hall–Kier alpha value is -1.91. The lowest BCUT2D eigenvalue weighted by Gasteiger charge is -2.28. The zero-order valence-electron chi connectivity index (χ0n) is 15.8. The standard InChI is InChI=1S/C21H31FN2O/c1-6-16(3)12-20(7-2)25-15-19(23)14-24-21(4,5)13-17-8-10-18(22)11-9-17/h6-12,19,24H,1,13-15,23H2,2-5H3/b16-12-,20-7+. The van der Waals surface area contributed by atoms with Crippen LogP contribution in [0.15, 0.2) is 60.4 Å². The molecule has 0 aliphatic carbocycles. The number of hydrogen-bond acceptors (Lipinski definition) is 3. The highest BCUT2D eigenvalue weighted by Gasteiger charge is 2.19. The van der Waals surface area contributed by atoms with Gasteiger partial charge in [0.1, 0.15) is 18.2 Å². The Morgan fingerprint density at radius 1 is 1.36 bits per heavy atom. The van der Waals surface area contributed by atoms with Crippen LogP contribution >= 0.6 is 0 Å². The van der Waals surface area contributed by atoms with E-state index in [1.807, 2.05) is 38.1 Å². The SMILES string of the molecule is C=C/C(C)=C\C(=C/C)OCC(N)CNC(C)(C)Cc1ccc(F)cc1. The first kappa shape index (κ1) is 21.1. The lowest BCUT2D eigenvalue weighted by Crippen LogP contribution is -2.48. The third-order valence-electron chi connectivity index (χ3n) is 3.84. The maximum Gasteiger partial charge on any atom is 0.123 e. The molecule has 1 aromatic carbocycles. The number of nitrogens with two attached hydrogens (primary N) is 1. The molecule has 138 valence electrons. The van der Waals surface area contributed by atoms with E-state index in [1.54, 1.807) is 6.08 Å². The Kier molecular flexibility index (Phi) is 8.59. The van der Waals surface area contributed by atoms with Crippen LogP contribution < -0.4 is 11.1 Å². The molecule has 1 aromatic rings. The van der Waals surface area contributed by atoms with Gasteiger partial charge in [0.2, 0.25) is 0 Å². The molecule has 0 heterocycles. The molecule has 4 heteroatoms. The van der Waals surface area contributed by atoms with Crippen molar-refractivity contribution in [1.29, 1.82) is 0 Å². The molecule has 3 N–H and O–H groups in total. The van der Waals surface area contributed by atoms with Crippen LogP contribution in [0.5, 0.6) is 0 Å². The van der Waals surface area contributed by atoms with Gasteiger partial charge in [0.25, 0.3) is 0 Å². The number of ether oxygens (including phenoxy) is 1. The third-order valence-corrected chi connectivity index (χ3v) is 3.84. The molecule has 0 aliphatic heterocycles. The van der Waals surface area contributed by atoms with Crippen molar-refractivity contribution in [3.8, 4) is 0 Å². The van der Waals surface area contributed by atoms with Crippen molar-refractivity contribution in [3.63, 3.8) is 0 Å².